The second-order valence-electron chi connectivity index (χ2n) is 4.11. The first kappa shape index (κ1) is 13.2. The smallest absolute Gasteiger partial charge is 0.294 e. The third-order valence-corrected chi connectivity index (χ3v) is 3.33. The summed E-state index contributed by atoms with van der Waals surface area (Å²) in [6.45, 7) is 1.78. The SMILES string of the molecule is Cc1nnc(NC(=O)c2nn(-c3ccccc3)c(=O)[nH]2)s1. The van der Waals surface area contributed by atoms with Crippen molar-refractivity contribution in [2.45, 2.75) is 6.92 Å². The molecule has 0 unspecified atom stereocenters. The summed E-state index contributed by atoms with van der Waals surface area (Å²) in [7, 11) is 0. The van der Waals surface area contributed by atoms with Gasteiger partial charge in [-0.05, 0) is 19.1 Å². The predicted octanol–water partition coefficient (Wildman–Crippen LogP) is 0.973. The van der Waals surface area contributed by atoms with Crippen molar-refractivity contribution in [3.05, 3.63) is 51.6 Å². The van der Waals surface area contributed by atoms with E-state index in [0.717, 1.165) is 9.69 Å². The molecule has 0 atom stereocenters. The highest BCUT2D eigenvalue weighted by Gasteiger charge is 2.15. The zero-order valence-electron chi connectivity index (χ0n) is 10.9. The molecule has 3 aromatic rings. The van der Waals surface area contributed by atoms with Crippen molar-refractivity contribution in [2.24, 2.45) is 0 Å². The van der Waals surface area contributed by atoms with Gasteiger partial charge in [-0.3, -0.25) is 15.1 Å². The van der Waals surface area contributed by atoms with Crippen molar-refractivity contribution >= 4 is 22.4 Å². The van der Waals surface area contributed by atoms with E-state index >= 15 is 0 Å². The summed E-state index contributed by atoms with van der Waals surface area (Å²) in [5, 5.41) is 15.2. The fourth-order valence-corrected chi connectivity index (χ4v) is 2.26. The summed E-state index contributed by atoms with van der Waals surface area (Å²) in [5.41, 5.74) is 0.0874. The molecule has 8 nitrogen and oxygen atoms in total. The molecule has 106 valence electrons. The average Bonchev–Trinajstić information content (AvgIpc) is 3.06. The monoisotopic (exact) mass is 302 g/mol. The van der Waals surface area contributed by atoms with Crippen LogP contribution in [-0.2, 0) is 0 Å². The number of hydrogen-bond acceptors (Lipinski definition) is 6. The molecule has 0 saturated heterocycles. The number of carbonyl (C=O) groups is 1. The Morgan fingerprint density at radius 3 is 2.71 bits per heavy atom. The van der Waals surface area contributed by atoms with Gasteiger partial charge >= 0.3 is 5.69 Å². The van der Waals surface area contributed by atoms with E-state index in [1.165, 1.54) is 11.3 Å². The van der Waals surface area contributed by atoms with Gasteiger partial charge in [0, 0.05) is 0 Å². The van der Waals surface area contributed by atoms with Gasteiger partial charge in [0.1, 0.15) is 5.01 Å². The molecule has 3 rings (SSSR count). The molecule has 1 aromatic carbocycles. The Morgan fingerprint density at radius 2 is 2.05 bits per heavy atom. The number of aromatic nitrogens is 5. The van der Waals surface area contributed by atoms with Crippen LogP contribution in [0.25, 0.3) is 5.69 Å². The number of aryl methyl sites for hydroxylation is 1. The number of hydrogen-bond donors (Lipinski definition) is 2. The summed E-state index contributed by atoms with van der Waals surface area (Å²) in [5.74, 6) is -0.630. The van der Waals surface area contributed by atoms with Crippen molar-refractivity contribution in [1.82, 2.24) is 25.0 Å². The Kier molecular flexibility index (Phi) is 3.32. The number of rotatable bonds is 3. The van der Waals surface area contributed by atoms with Gasteiger partial charge in [-0.2, -0.15) is 4.68 Å². The minimum Gasteiger partial charge on any atom is -0.294 e. The van der Waals surface area contributed by atoms with Crippen LogP contribution in [0.4, 0.5) is 5.13 Å². The first-order valence-corrected chi connectivity index (χ1v) is 6.81. The molecule has 2 aromatic heterocycles. The van der Waals surface area contributed by atoms with Crippen LogP contribution in [0.15, 0.2) is 35.1 Å². The van der Waals surface area contributed by atoms with Crippen LogP contribution in [0.1, 0.15) is 15.6 Å². The Morgan fingerprint density at radius 1 is 1.29 bits per heavy atom. The van der Waals surface area contributed by atoms with Gasteiger partial charge in [0.2, 0.25) is 11.0 Å². The van der Waals surface area contributed by atoms with Crippen molar-refractivity contribution in [3.8, 4) is 5.69 Å². The minimum atomic E-state index is -0.544. The normalized spacial score (nSPS) is 10.5. The van der Waals surface area contributed by atoms with E-state index in [1.807, 2.05) is 6.07 Å². The number of nitrogens with one attached hydrogen (secondary N) is 2. The van der Waals surface area contributed by atoms with Gasteiger partial charge in [-0.15, -0.1) is 15.3 Å². The number of benzene rings is 1. The van der Waals surface area contributed by atoms with Gasteiger partial charge in [0.15, 0.2) is 0 Å². The van der Waals surface area contributed by atoms with E-state index in [1.54, 1.807) is 31.2 Å². The van der Waals surface area contributed by atoms with E-state index in [4.69, 9.17) is 0 Å². The fraction of sp³-hybridized carbons (Fsp3) is 0.0833. The maximum absolute atomic E-state index is 12.0. The number of nitrogens with zero attached hydrogens (tertiary/aromatic N) is 4. The number of para-hydroxylation sites is 1. The second kappa shape index (κ2) is 5.29. The number of aromatic amines is 1. The lowest BCUT2D eigenvalue weighted by Gasteiger charge is -1.97. The van der Waals surface area contributed by atoms with Crippen LogP contribution in [-0.4, -0.2) is 30.9 Å². The lowest BCUT2D eigenvalue weighted by Crippen LogP contribution is -2.15. The topological polar surface area (TPSA) is 106 Å². The van der Waals surface area contributed by atoms with Gasteiger partial charge in [-0.1, -0.05) is 29.5 Å². The highest BCUT2D eigenvalue weighted by atomic mass is 32.1. The Balaban J connectivity index is 1.87. The molecular formula is C12H10N6O2S. The first-order valence-electron chi connectivity index (χ1n) is 6.00. The largest absolute Gasteiger partial charge is 0.348 e. The minimum absolute atomic E-state index is 0.0864. The molecule has 0 radical (unpaired) electrons. The summed E-state index contributed by atoms with van der Waals surface area (Å²) in [4.78, 5) is 26.3. The molecular weight excluding hydrogens is 292 g/mol. The molecule has 21 heavy (non-hydrogen) atoms. The van der Waals surface area contributed by atoms with Gasteiger partial charge in [0.25, 0.3) is 5.91 Å². The molecule has 0 spiro atoms. The van der Waals surface area contributed by atoms with E-state index < -0.39 is 11.6 Å². The fourth-order valence-electron chi connectivity index (χ4n) is 1.67. The Bertz CT molecular complexity index is 835. The van der Waals surface area contributed by atoms with Gasteiger partial charge in [0.05, 0.1) is 5.69 Å². The van der Waals surface area contributed by atoms with Crippen LogP contribution in [0, 0.1) is 6.92 Å². The van der Waals surface area contributed by atoms with Crippen LogP contribution < -0.4 is 11.0 Å². The zero-order chi connectivity index (χ0) is 14.8. The Hall–Kier alpha value is -2.81. The van der Waals surface area contributed by atoms with E-state index in [0.29, 0.717) is 10.8 Å². The molecule has 0 aliphatic carbocycles. The van der Waals surface area contributed by atoms with Crippen LogP contribution in [0.2, 0.25) is 0 Å². The van der Waals surface area contributed by atoms with Gasteiger partial charge in [-0.25, -0.2) is 4.79 Å². The lowest BCUT2D eigenvalue weighted by molar-refractivity contribution is 0.101. The number of anilines is 1. The van der Waals surface area contributed by atoms with Crippen molar-refractivity contribution in [1.29, 1.82) is 0 Å². The number of H-pyrrole nitrogens is 1. The van der Waals surface area contributed by atoms with Crippen molar-refractivity contribution in [3.63, 3.8) is 0 Å². The average molecular weight is 302 g/mol. The van der Waals surface area contributed by atoms with E-state index in [9.17, 15) is 9.59 Å². The molecule has 0 fully saturated rings. The molecule has 0 aliphatic heterocycles. The highest BCUT2D eigenvalue weighted by molar-refractivity contribution is 7.15. The highest BCUT2D eigenvalue weighted by Crippen LogP contribution is 2.14. The molecule has 2 N–H and O–H groups in total. The quantitative estimate of drug-likeness (QED) is 0.750. The molecule has 0 aliphatic rings. The third-order valence-electron chi connectivity index (χ3n) is 2.58. The molecule has 0 saturated carbocycles. The Labute approximate surface area is 122 Å². The van der Waals surface area contributed by atoms with Crippen molar-refractivity contribution in [2.75, 3.05) is 5.32 Å². The summed E-state index contributed by atoms with van der Waals surface area (Å²) < 4.78 is 1.13. The van der Waals surface area contributed by atoms with Crippen LogP contribution >= 0.6 is 11.3 Å². The van der Waals surface area contributed by atoms with Gasteiger partial charge < -0.3 is 0 Å². The predicted molar refractivity (Wildman–Crippen MR) is 76.8 cm³/mol. The van der Waals surface area contributed by atoms with Crippen LogP contribution in [0.3, 0.4) is 0 Å². The first-order chi connectivity index (χ1) is 10.1. The van der Waals surface area contributed by atoms with E-state index in [-0.39, 0.29) is 5.82 Å². The zero-order valence-corrected chi connectivity index (χ0v) is 11.7. The maximum atomic E-state index is 12.0. The molecule has 0 bridgehead atoms. The van der Waals surface area contributed by atoms with E-state index in [2.05, 4.69) is 25.6 Å². The summed E-state index contributed by atoms with van der Waals surface area (Å²) in [6, 6.07) is 8.82. The number of amides is 1. The van der Waals surface area contributed by atoms with Crippen LogP contribution in [0.5, 0.6) is 0 Å². The molecule has 9 heteroatoms. The molecule has 1 amide bonds. The number of carbonyl (C=O) groups excluding carboxylic acids is 1. The molecule has 2 heterocycles. The summed E-state index contributed by atoms with van der Waals surface area (Å²) in [6.07, 6.45) is 0. The summed E-state index contributed by atoms with van der Waals surface area (Å²) >= 11 is 1.24. The third kappa shape index (κ3) is 2.72. The van der Waals surface area contributed by atoms with Crippen molar-refractivity contribution < 1.29 is 4.79 Å². The maximum Gasteiger partial charge on any atom is 0.348 e. The lowest BCUT2D eigenvalue weighted by atomic mass is 10.3. The standard InChI is InChI=1S/C12H10N6O2S/c1-7-15-16-11(21-7)14-10(19)9-13-12(20)18(17-9)8-5-3-2-4-6-8/h2-6H,1H3,(H,13,17,20)(H,14,16,19). The second-order valence-corrected chi connectivity index (χ2v) is 5.29.